The van der Waals surface area contributed by atoms with Gasteiger partial charge in [-0.25, -0.2) is 4.79 Å². The molecule has 1 aromatic carbocycles. The third kappa shape index (κ3) is 3.51. The van der Waals surface area contributed by atoms with E-state index in [-0.39, 0.29) is 22.2 Å². The Labute approximate surface area is 113 Å². The predicted molar refractivity (Wildman–Crippen MR) is 67.1 cm³/mol. The van der Waals surface area contributed by atoms with Crippen LogP contribution in [0.3, 0.4) is 0 Å². The second-order valence-corrected chi connectivity index (χ2v) is 4.42. The van der Waals surface area contributed by atoms with Crippen molar-refractivity contribution in [3.05, 3.63) is 27.7 Å². The van der Waals surface area contributed by atoms with Crippen molar-refractivity contribution in [1.29, 1.82) is 0 Å². The van der Waals surface area contributed by atoms with E-state index in [0.717, 1.165) is 0 Å². The Bertz CT molecular complexity index is 490. The first-order valence-electron chi connectivity index (χ1n) is 4.98. The molecule has 0 unspecified atom stereocenters. The number of rotatable bonds is 4. The van der Waals surface area contributed by atoms with Gasteiger partial charge in [0.15, 0.2) is 0 Å². The van der Waals surface area contributed by atoms with Gasteiger partial charge in [0, 0.05) is 13.3 Å². The van der Waals surface area contributed by atoms with Crippen LogP contribution in [0.25, 0.3) is 0 Å². The molecule has 0 fully saturated rings. The number of hydrogen-bond donors (Lipinski definition) is 3. The number of hydrogen-bond acceptors (Lipinski definition) is 3. The molecule has 5 nitrogen and oxygen atoms in total. The molecule has 0 heterocycles. The predicted octanol–water partition coefficient (Wildman–Crippen LogP) is 1.83. The van der Waals surface area contributed by atoms with Crippen molar-refractivity contribution >= 4 is 35.1 Å². The summed E-state index contributed by atoms with van der Waals surface area (Å²) in [5, 5.41) is 20.6. The van der Waals surface area contributed by atoms with Crippen LogP contribution >= 0.6 is 23.2 Å². The van der Waals surface area contributed by atoms with E-state index in [1.807, 2.05) is 0 Å². The molecule has 0 aliphatic rings. The van der Waals surface area contributed by atoms with E-state index < -0.39 is 17.9 Å². The molecular formula is C11H11Cl2NO4. The lowest BCUT2D eigenvalue weighted by Gasteiger charge is -2.14. The van der Waals surface area contributed by atoms with Gasteiger partial charge in [-0.1, -0.05) is 29.3 Å². The van der Waals surface area contributed by atoms with Crippen molar-refractivity contribution in [1.82, 2.24) is 5.32 Å². The topological polar surface area (TPSA) is 86.6 Å². The Morgan fingerprint density at radius 3 is 2.44 bits per heavy atom. The maximum absolute atomic E-state index is 11.0. The van der Waals surface area contributed by atoms with Crippen molar-refractivity contribution in [2.24, 2.45) is 0 Å². The number of benzene rings is 1. The molecule has 0 aromatic heterocycles. The van der Waals surface area contributed by atoms with Gasteiger partial charge in [0.2, 0.25) is 5.91 Å². The number of halogens is 2. The van der Waals surface area contributed by atoms with Gasteiger partial charge in [-0.05, 0) is 11.6 Å². The molecule has 1 atom stereocenters. The van der Waals surface area contributed by atoms with Crippen LogP contribution in [-0.2, 0) is 16.0 Å². The highest BCUT2D eigenvalue weighted by atomic mass is 35.5. The summed E-state index contributed by atoms with van der Waals surface area (Å²) >= 11 is 11.6. The minimum Gasteiger partial charge on any atom is -0.506 e. The van der Waals surface area contributed by atoms with Crippen molar-refractivity contribution in [3.63, 3.8) is 0 Å². The fourth-order valence-electron chi connectivity index (χ4n) is 1.40. The summed E-state index contributed by atoms with van der Waals surface area (Å²) in [6.07, 6.45) is -0.0201. The molecule has 0 bridgehead atoms. The first-order chi connectivity index (χ1) is 8.32. The summed E-state index contributed by atoms with van der Waals surface area (Å²) in [5.41, 5.74) is 0.431. The van der Waals surface area contributed by atoms with Crippen LogP contribution in [0.5, 0.6) is 5.75 Å². The molecule has 0 aliphatic carbocycles. The first kappa shape index (κ1) is 14.6. The number of carbonyl (C=O) groups excluding carboxylic acids is 1. The Morgan fingerprint density at radius 2 is 1.94 bits per heavy atom. The van der Waals surface area contributed by atoms with Gasteiger partial charge in [0.05, 0.1) is 5.02 Å². The summed E-state index contributed by atoms with van der Waals surface area (Å²) < 4.78 is 0. The van der Waals surface area contributed by atoms with Crippen molar-refractivity contribution in [2.75, 3.05) is 0 Å². The molecule has 1 amide bonds. The molecule has 7 heteroatoms. The summed E-state index contributed by atoms with van der Waals surface area (Å²) in [4.78, 5) is 21.8. The van der Waals surface area contributed by atoms with Crippen molar-refractivity contribution < 1.29 is 19.8 Å². The van der Waals surface area contributed by atoms with Gasteiger partial charge in [-0.15, -0.1) is 0 Å². The average Bonchev–Trinajstić information content (AvgIpc) is 2.28. The number of carbonyl (C=O) groups is 2. The van der Waals surface area contributed by atoms with E-state index in [1.165, 1.54) is 19.1 Å². The highest BCUT2D eigenvalue weighted by Crippen LogP contribution is 2.34. The Hall–Kier alpha value is -1.46. The minimum atomic E-state index is -1.18. The van der Waals surface area contributed by atoms with Crippen LogP contribution in [0.2, 0.25) is 10.0 Å². The Balaban J connectivity index is 2.98. The van der Waals surface area contributed by atoms with E-state index in [4.69, 9.17) is 28.3 Å². The Kier molecular flexibility index (Phi) is 4.81. The maximum Gasteiger partial charge on any atom is 0.326 e. The SMILES string of the molecule is CC(=O)N[C@@H](Cc1ccc(O)c(Cl)c1Cl)C(=O)O. The largest absolute Gasteiger partial charge is 0.506 e. The van der Waals surface area contributed by atoms with Gasteiger partial charge in [0.25, 0.3) is 0 Å². The molecule has 0 saturated carbocycles. The monoisotopic (exact) mass is 291 g/mol. The third-order valence-electron chi connectivity index (χ3n) is 2.24. The summed E-state index contributed by atoms with van der Waals surface area (Å²) in [5.74, 6) is -1.81. The molecular weight excluding hydrogens is 281 g/mol. The van der Waals surface area contributed by atoms with Crippen LogP contribution in [0.4, 0.5) is 0 Å². The first-order valence-corrected chi connectivity index (χ1v) is 5.74. The molecule has 1 aromatic rings. The number of carboxylic acids is 1. The fourth-order valence-corrected chi connectivity index (χ4v) is 1.82. The molecule has 3 N–H and O–H groups in total. The number of phenolic OH excluding ortho intramolecular Hbond substituents is 1. The summed E-state index contributed by atoms with van der Waals surface area (Å²) in [6, 6.07) is 1.68. The van der Waals surface area contributed by atoms with Gasteiger partial charge >= 0.3 is 5.97 Å². The van der Waals surface area contributed by atoms with E-state index in [0.29, 0.717) is 5.56 Å². The molecule has 18 heavy (non-hydrogen) atoms. The fraction of sp³-hybridized carbons (Fsp3) is 0.273. The number of aliphatic carboxylic acids is 1. The third-order valence-corrected chi connectivity index (χ3v) is 3.15. The zero-order chi connectivity index (χ0) is 13.9. The highest BCUT2D eigenvalue weighted by molar-refractivity contribution is 6.43. The van der Waals surface area contributed by atoms with Crippen molar-refractivity contribution in [3.8, 4) is 5.75 Å². The molecule has 0 spiro atoms. The minimum absolute atomic E-state index is 0.0201. The molecule has 0 saturated heterocycles. The maximum atomic E-state index is 11.0. The number of aromatic hydroxyl groups is 1. The summed E-state index contributed by atoms with van der Waals surface area (Å²) in [6.45, 7) is 1.22. The highest BCUT2D eigenvalue weighted by Gasteiger charge is 2.21. The standard InChI is InChI=1S/C11H11Cl2NO4/c1-5(15)14-7(11(17)18)4-6-2-3-8(16)10(13)9(6)12/h2-3,7,16H,4H2,1H3,(H,14,15)(H,17,18)/t7-/m0/s1. The van der Waals surface area contributed by atoms with E-state index in [1.54, 1.807) is 0 Å². The number of amides is 1. The lowest BCUT2D eigenvalue weighted by Crippen LogP contribution is -2.41. The molecule has 1 rings (SSSR count). The van der Waals surface area contributed by atoms with Gasteiger partial charge in [-0.3, -0.25) is 4.79 Å². The second kappa shape index (κ2) is 5.93. The second-order valence-electron chi connectivity index (χ2n) is 3.67. The lowest BCUT2D eigenvalue weighted by atomic mass is 10.1. The van der Waals surface area contributed by atoms with Gasteiger partial charge < -0.3 is 15.5 Å². The molecule has 0 radical (unpaired) electrons. The van der Waals surface area contributed by atoms with Gasteiger partial charge in [-0.2, -0.15) is 0 Å². The molecule has 0 aliphatic heterocycles. The van der Waals surface area contributed by atoms with Crippen LogP contribution < -0.4 is 5.32 Å². The smallest absolute Gasteiger partial charge is 0.326 e. The number of phenols is 1. The van der Waals surface area contributed by atoms with E-state index >= 15 is 0 Å². The van der Waals surface area contributed by atoms with Crippen LogP contribution in [0.1, 0.15) is 12.5 Å². The van der Waals surface area contributed by atoms with E-state index in [2.05, 4.69) is 5.32 Å². The average molecular weight is 292 g/mol. The van der Waals surface area contributed by atoms with Crippen LogP contribution in [-0.4, -0.2) is 28.1 Å². The molecule has 98 valence electrons. The quantitative estimate of drug-likeness (QED) is 0.790. The van der Waals surface area contributed by atoms with Crippen LogP contribution in [0.15, 0.2) is 12.1 Å². The Morgan fingerprint density at radius 1 is 1.33 bits per heavy atom. The lowest BCUT2D eigenvalue weighted by molar-refractivity contribution is -0.141. The normalized spacial score (nSPS) is 11.9. The zero-order valence-electron chi connectivity index (χ0n) is 9.41. The summed E-state index contributed by atoms with van der Waals surface area (Å²) in [7, 11) is 0. The van der Waals surface area contributed by atoms with Crippen molar-refractivity contribution in [2.45, 2.75) is 19.4 Å². The van der Waals surface area contributed by atoms with Gasteiger partial charge in [0.1, 0.15) is 16.8 Å². The number of carboxylic acid groups (broad SMARTS) is 1. The van der Waals surface area contributed by atoms with E-state index in [9.17, 15) is 14.7 Å². The zero-order valence-corrected chi connectivity index (χ0v) is 10.9. The number of nitrogens with one attached hydrogen (secondary N) is 1. The van der Waals surface area contributed by atoms with Crippen LogP contribution in [0, 0.1) is 0 Å².